The zero-order valence-electron chi connectivity index (χ0n) is 8.44. The maximum absolute atomic E-state index is 3.18. The zero-order chi connectivity index (χ0) is 9.23. The minimum Gasteiger partial charge on any atom is -0.364 e. The third kappa shape index (κ3) is 8.78. The lowest BCUT2D eigenvalue weighted by molar-refractivity contribution is 0.0820. The Balaban J connectivity index is 3.04. The summed E-state index contributed by atoms with van der Waals surface area (Å²) in [6.45, 7) is 6.88. The minimum atomic E-state index is 1.19. The van der Waals surface area contributed by atoms with Crippen LogP contribution in [0.25, 0.3) is 0 Å². The van der Waals surface area contributed by atoms with E-state index in [2.05, 4.69) is 39.5 Å². The summed E-state index contributed by atoms with van der Waals surface area (Å²) in [6, 6.07) is 0. The summed E-state index contributed by atoms with van der Waals surface area (Å²) < 4.78 is 3.18. The summed E-state index contributed by atoms with van der Waals surface area (Å²) in [5, 5.41) is 0. The van der Waals surface area contributed by atoms with E-state index in [-0.39, 0.29) is 0 Å². The van der Waals surface area contributed by atoms with Crippen molar-refractivity contribution >= 4 is 23.0 Å². The van der Waals surface area contributed by atoms with Gasteiger partial charge in [-0.05, 0) is 12.8 Å². The lowest BCUT2D eigenvalue weighted by Gasteiger charge is -2.09. The second kappa shape index (κ2) is 9.78. The Morgan fingerprint density at radius 2 is 1.25 bits per heavy atom. The number of rotatable bonds is 8. The van der Waals surface area contributed by atoms with Gasteiger partial charge in [-0.2, -0.15) is 0 Å². The predicted octanol–water partition coefficient (Wildman–Crippen LogP) is 4.27. The van der Waals surface area contributed by atoms with Crippen LogP contribution in [-0.2, 0) is 2.70 Å². The van der Waals surface area contributed by atoms with Gasteiger partial charge in [0.25, 0.3) is 0 Å². The molecule has 1 nitrogen and oxygen atoms in total. The maximum atomic E-state index is 3.18. The minimum absolute atomic E-state index is 1.19. The van der Waals surface area contributed by atoms with E-state index in [0.29, 0.717) is 0 Å². The van der Waals surface area contributed by atoms with E-state index in [9.17, 15) is 0 Å². The van der Waals surface area contributed by atoms with Crippen molar-refractivity contribution < 1.29 is 2.70 Å². The summed E-state index contributed by atoms with van der Waals surface area (Å²) in [5.41, 5.74) is 0. The van der Waals surface area contributed by atoms with Crippen LogP contribution in [0.1, 0.15) is 52.4 Å². The van der Waals surface area contributed by atoms with Crippen molar-refractivity contribution in [3.63, 3.8) is 0 Å². The standard InChI is InChI=1S/C10H22IO/c1-3-5-7-9-12(11)10-8-6-4-2/h3-10H2,1-2H3/q+1. The molecule has 0 unspecified atom stereocenters. The van der Waals surface area contributed by atoms with Crippen LogP contribution in [0.2, 0.25) is 0 Å². The van der Waals surface area contributed by atoms with Crippen molar-refractivity contribution in [1.29, 1.82) is 0 Å². The van der Waals surface area contributed by atoms with Gasteiger partial charge >= 0.3 is 23.0 Å². The monoisotopic (exact) mass is 285 g/mol. The van der Waals surface area contributed by atoms with Gasteiger partial charge in [-0.1, -0.05) is 26.7 Å². The van der Waals surface area contributed by atoms with Crippen LogP contribution in [0.4, 0.5) is 0 Å². The molecule has 0 radical (unpaired) electrons. The van der Waals surface area contributed by atoms with E-state index in [1.807, 2.05) is 0 Å². The van der Waals surface area contributed by atoms with E-state index in [0.717, 1.165) is 0 Å². The molecule has 0 N–H and O–H groups in total. The highest BCUT2D eigenvalue weighted by molar-refractivity contribution is 14.1. The fourth-order valence-electron chi connectivity index (χ4n) is 1.12. The average molecular weight is 285 g/mol. The lowest BCUT2D eigenvalue weighted by Crippen LogP contribution is -2.05. The molecule has 0 saturated heterocycles. The summed E-state index contributed by atoms with van der Waals surface area (Å²) in [5.74, 6) is 0. The van der Waals surface area contributed by atoms with Crippen LogP contribution in [-0.4, -0.2) is 13.2 Å². The summed E-state index contributed by atoms with van der Waals surface area (Å²) in [4.78, 5) is 0. The Bertz CT molecular complexity index is 75.9. The van der Waals surface area contributed by atoms with Crippen LogP contribution < -0.4 is 0 Å². The second-order valence-corrected chi connectivity index (χ2v) is 4.49. The largest absolute Gasteiger partial charge is 0.398 e. The van der Waals surface area contributed by atoms with Crippen molar-refractivity contribution in [3.05, 3.63) is 0 Å². The van der Waals surface area contributed by atoms with Gasteiger partial charge in [0.15, 0.2) is 13.2 Å². The molecule has 0 aromatic carbocycles. The normalized spacial score (nSPS) is 11.0. The molecule has 74 valence electrons. The Morgan fingerprint density at radius 1 is 0.833 bits per heavy atom. The van der Waals surface area contributed by atoms with Crippen molar-refractivity contribution in [1.82, 2.24) is 0 Å². The first-order valence-electron chi connectivity index (χ1n) is 5.15. The van der Waals surface area contributed by atoms with E-state index in [1.54, 1.807) is 0 Å². The predicted molar refractivity (Wildman–Crippen MR) is 63.9 cm³/mol. The maximum Gasteiger partial charge on any atom is 0.398 e. The van der Waals surface area contributed by atoms with Crippen LogP contribution in [0.3, 0.4) is 0 Å². The first-order chi connectivity index (χ1) is 5.81. The number of halogens is 1. The molecule has 0 aliphatic heterocycles. The van der Waals surface area contributed by atoms with Gasteiger partial charge in [0.05, 0.1) is 0 Å². The van der Waals surface area contributed by atoms with Crippen LogP contribution in [0, 0.1) is 0 Å². The van der Waals surface area contributed by atoms with Crippen molar-refractivity contribution in [2.75, 3.05) is 13.2 Å². The third-order valence-corrected chi connectivity index (χ3v) is 2.82. The molecule has 0 rings (SSSR count). The topological polar surface area (TPSA) is 2.70 Å². The van der Waals surface area contributed by atoms with E-state index >= 15 is 0 Å². The Labute approximate surface area is 91.3 Å². The van der Waals surface area contributed by atoms with Gasteiger partial charge in [0, 0.05) is 12.8 Å². The second-order valence-electron chi connectivity index (χ2n) is 3.24. The third-order valence-electron chi connectivity index (χ3n) is 1.94. The highest BCUT2D eigenvalue weighted by Crippen LogP contribution is 2.12. The molecule has 0 heterocycles. The molecule has 2 heteroatoms. The molecule has 0 aliphatic rings. The summed E-state index contributed by atoms with van der Waals surface area (Å²) in [7, 11) is 0. The molecule has 0 aliphatic carbocycles. The molecule has 0 amide bonds. The van der Waals surface area contributed by atoms with Crippen molar-refractivity contribution in [3.8, 4) is 0 Å². The Kier molecular flexibility index (Phi) is 10.3. The number of hydrogen-bond donors (Lipinski definition) is 0. The van der Waals surface area contributed by atoms with Gasteiger partial charge in [-0.15, -0.1) is 0 Å². The Hall–Kier alpha value is 0.690. The SMILES string of the molecule is CCCCC[O+](I)CCCCC. The molecule has 0 fully saturated rings. The quantitative estimate of drug-likeness (QED) is 0.356. The van der Waals surface area contributed by atoms with Gasteiger partial charge < -0.3 is 2.70 Å². The summed E-state index contributed by atoms with van der Waals surface area (Å²) >= 11 is 2.37. The van der Waals surface area contributed by atoms with Gasteiger partial charge in [0.1, 0.15) is 0 Å². The Morgan fingerprint density at radius 3 is 1.58 bits per heavy atom. The molecule has 0 bridgehead atoms. The zero-order valence-corrected chi connectivity index (χ0v) is 10.6. The molecule has 0 aromatic heterocycles. The fraction of sp³-hybridized carbons (Fsp3) is 1.00. The van der Waals surface area contributed by atoms with E-state index < -0.39 is 0 Å². The summed E-state index contributed by atoms with van der Waals surface area (Å²) in [6.07, 6.45) is 8.02. The molecule has 0 aromatic rings. The van der Waals surface area contributed by atoms with Crippen LogP contribution in [0.5, 0.6) is 0 Å². The molecule has 0 atom stereocenters. The smallest absolute Gasteiger partial charge is 0.364 e. The van der Waals surface area contributed by atoms with Gasteiger partial charge in [-0.25, -0.2) is 0 Å². The lowest BCUT2D eigenvalue weighted by atomic mass is 10.2. The highest BCUT2D eigenvalue weighted by Gasteiger charge is 2.04. The molecular formula is C10H22IO+. The van der Waals surface area contributed by atoms with Crippen molar-refractivity contribution in [2.24, 2.45) is 0 Å². The van der Waals surface area contributed by atoms with Gasteiger partial charge in [0.2, 0.25) is 0 Å². The first kappa shape index (κ1) is 12.7. The number of hydrogen-bond acceptors (Lipinski definition) is 0. The fourth-order valence-corrected chi connectivity index (χ4v) is 1.74. The van der Waals surface area contributed by atoms with Crippen LogP contribution in [0.15, 0.2) is 0 Å². The van der Waals surface area contributed by atoms with Crippen LogP contribution >= 0.6 is 23.0 Å². The van der Waals surface area contributed by atoms with Gasteiger partial charge in [-0.3, -0.25) is 0 Å². The first-order valence-corrected chi connectivity index (χ1v) is 6.03. The molecular weight excluding hydrogens is 263 g/mol. The van der Waals surface area contributed by atoms with Crippen molar-refractivity contribution in [2.45, 2.75) is 52.4 Å². The molecule has 0 spiro atoms. The van der Waals surface area contributed by atoms with E-state index in [4.69, 9.17) is 0 Å². The number of unbranched alkanes of at least 4 members (excludes halogenated alkanes) is 4. The molecule has 0 saturated carbocycles. The molecule has 12 heavy (non-hydrogen) atoms. The highest BCUT2D eigenvalue weighted by atomic mass is 127. The average Bonchev–Trinajstić information content (AvgIpc) is 2.06. The van der Waals surface area contributed by atoms with E-state index in [1.165, 1.54) is 51.7 Å².